The fourth-order valence-corrected chi connectivity index (χ4v) is 2.93. The third-order valence-electron chi connectivity index (χ3n) is 4.41. The van der Waals surface area contributed by atoms with Gasteiger partial charge in [0, 0.05) is 38.6 Å². The lowest BCUT2D eigenvalue weighted by molar-refractivity contribution is 0.151. The van der Waals surface area contributed by atoms with Gasteiger partial charge in [0.2, 0.25) is 0 Å². The zero-order valence-electron chi connectivity index (χ0n) is 12.6. The second-order valence-corrected chi connectivity index (χ2v) is 6.16. The number of likely N-dealkylation sites (tertiary alicyclic amines) is 1. The highest BCUT2D eigenvalue weighted by atomic mass is 15.2. The molecule has 0 aromatic rings. The van der Waals surface area contributed by atoms with Gasteiger partial charge < -0.3 is 10.2 Å². The van der Waals surface area contributed by atoms with Crippen molar-refractivity contribution in [1.29, 1.82) is 0 Å². The van der Waals surface area contributed by atoms with Gasteiger partial charge in [0.05, 0.1) is 6.54 Å². The Bertz CT molecular complexity index is 302. The van der Waals surface area contributed by atoms with E-state index in [2.05, 4.69) is 40.8 Å². The van der Waals surface area contributed by atoms with E-state index in [1.807, 2.05) is 0 Å². The molecule has 0 bridgehead atoms. The van der Waals surface area contributed by atoms with Crippen LogP contribution in [0.3, 0.4) is 0 Å². The van der Waals surface area contributed by atoms with Crippen molar-refractivity contribution in [1.82, 2.24) is 15.1 Å². The van der Waals surface area contributed by atoms with Gasteiger partial charge in [-0.1, -0.05) is 5.92 Å². The van der Waals surface area contributed by atoms with Gasteiger partial charge in [-0.2, -0.15) is 0 Å². The Morgan fingerprint density at radius 2 is 1.74 bits per heavy atom. The predicted molar refractivity (Wildman–Crippen MR) is 81.1 cm³/mol. The van der Waals surface area contributed by atoms with Gasteiger partial charge in [-0.25, -0.2) is 0 Å². The van der Waals surface area contributed by atoms with Crippen molar-refractivity contribution in [2.75, 3.05) is 45.8 Å². The van der Waals surface area contributed by atoms with Gasteiger partial charge in [-0.15, -0.1) is 5.92 Å². The monoisotopic (exact) mass is 263 g/mol. The lowest BCUT2D eigenvalue weighted by Gasteiger charge is -2.33. The number of nitrogens with one attached hydrogen (secondary N) is 1. The average molecular weight is 263 g/mol. The third kappa shape index (κ3) is 5.14. The third-order valence-corrected chi connectivity index (χ3v) is 4.41. The summed E-state index contributed by atoms with van der Waals surface area (Å²) >= 11 is 0. The summed E-state index contributed by atoms with van der Waals surface area (Å²) in [5.74, 6) is 7.63. The van der Waals surface area contributed by atoms with Crippen LogP contribution in [0.1, 0.15) is 33.1 Å². The SMILES string of the molecule is CC(C)N1CCC(CC#CCN2CCNCC2)CC1. The van der Waals surface area contributed by atoms with Crippen LogP contribution in [-0.2, 0) is 0 Å². The highest BCUT2D eigenvalue weighted by Crippen LogP contribution is 2.21. The predicted octanol–water partition coefficient (Wildman–Crippen LogP) is 1.41. The molecular formula is C16H29N3. The molecule has 2 aliphatic heterocycles. The van der Waals surface area contributed by atoms with Crippen LogP contribution < -0.4 is 5.32 Å². The van der Waals surface area contributed by atoms with Gasteiger partial charge in [-0.3, -0.25) is 4.90 Å². The molecule has 2 fully saturated rings. The van der Waals surface area contributed by atoms with Gasteiger partial charge in [0.15, 0.2) is 0 Å². The van der Waals surface area contributed by atoms with E-state index in [0.717, 1.165) is 45.1 Å². The lowest BCUT2D eigenvalue weighted by atomic mass is 9.93. The summed E-state index contributed by atoms with van der Waals surface area (Å²) < 4.78 is 0. The van der Waals surface area contributed by atoms with Gasteiger partial charge in [0.25, 0.3) is 0 Å². The molecule has 2 aliphatic rings. The van der Waals surface area contributed by atoms with Gasteiger partial charge in [0.1, 0.15) is 0 Å². The summed E-state index contributed by atoms with van der Waals surface area (Å²) in [4.78, 5) is 5.04. The molecule has 1 N–H and O–H groups in total. The van der Waals surface area contributed by atoms with Crippen LogP contribution in [0.2, 0.25) is 0 Å². The zero-order chi connectivity index (χ0) is 13.5. The first-order valence-electron chi connectivity index (χ1n) is 7.88. The van der Waals surface area contributed by atoms with Crippen molar-refractivity contribution in [3.63, 3.8) is 0 Å². The molecule has 0 spiro atoms. The Kier molecular flexibility index (Phi) is 6.16. The van der Waals surface area contributed by atoms with Gasteiger partial charge >= 0.3 is 0 Å². The molecule has 2 heterocycles. The quantitative estimate of drug-likeness (QED) is 0.777. The largest absolute Gasteiger partial charge is 0.314 e. The molecule has 0 amide bonds. The first-order valence-corrected chi connectivity index (χ1v) is 7.88. The summed E-state index contributed by atoms with van der Waals surface area (Å²) in [6.07, 6.45) is 3.78. The molecular weight excluding hydrogens is 234 g/mol. The van der Waals surface area contributed by atoms with Crippen LogP contribution in [0.25, 0.3) is 0 Å². The van der Waals surface area contributed by atoms with E-state index in [4.69, 9.17) is 0 Å². The molecule has 0 aliphatic carbocycles. The van der Waals surface area contributed by atoms with E-state index in [9.17, 15) is 0 Å². The minimum atomic E-state index is 0.708. The standard InChI is InChI=1S/C16H29N3/c1-15(2)19-11-6-16(7-12-19)5-3-4-10-18-13-8-17-9-14-18/h15-17H,5-14H2,1-2H3. The van der Waals surface area contributed by atoms with Crippen molar-refractivity contribution in [3.05, 3.63) is 0 Å². The molecule has 0 unspecified atom stereocenters. The van der Waals surface area contributed by atoms with Crippen LogP contribution >= 0.6 is 0 Å². The Balaban J connectivity index is 1.61. The van der Waals surface area contributed by atoms with Gasteiger partial charge in [-0.05, 0) is 45.7 Å². The molecule has 3 heteroatoms. The van der Waals surface area contributed by atoms with Crippen LogP contribution in [-0.4, -0.2) is 61.7 Å². The number of piperazine rings is 1. The lowest BCUT2D eigenvalue weighted by Crippen LogP contribution is -2.43. The summed E-state index contributed by atoms with van der Waals surface area (Å²) in [5.41, 5.74) is 0. The Labute approximate surface area is 118 Å². The minimum Gasteiger partial charge on any atom is -0.314 e. The van der Waals surface area contributed by atoms with Crippen LogP contribution in [0.15, 0.2) is 0 Å². The molecule has 0 saturated carbocycles. The van der Waals surface area contributed by atoms with Crippen LogP contribution in [0.4, 0.5) is 0 Å². The number of nitrogens with zero attached hydrogens (tertiary/aromatic N) is 2. The summed E-state index contributed by atoms with van der Waals surface area (Å²) in [6.45, 7) is 12.6. The summed E-state index contributed by atoms with van der Waals surface area (Å²) in [6, 6.07) is 0.708. The number of rotatable bonds is 3. The second-order valence-electron chi connectivity index (χ2n) is 6.16. The topological polar surface area (TPSA) is 18.5 Å². The first-order chi connectivity index (χ1) is 9.25. The van der Waals surface area contributed by atoms with Crippen LogP contribution in [0.5, 0.6) is 0 Å². The molecule has 19 heavy (non-hydrogen) atoms. The summed E-state index contributed by atoms with van der Waals surface area (Å²) in [5, 5.41) is 3.38. The van der Waals surface area contributed by atoms with E-state index in [1.165, 1.54) is 25.9 Å². The van der Waals surface area contributed by atoms with Crippen molar-refractivity contribution in [2.24, 2.45) is 5.92 Å². The molecule has 2 saturated heterocycles. The van der Waals surface area contributed by atoms with E-state index >= 15 is 0 Å². The van der Waals surface area contributed by atoms with Crippen LogP contribution in [0, 0.1) is 17.8 Å². The Hall–Kier alpha value is -0.560. The van der Waals surface area contributed by atoms with Crippen molar-refractivity contribution in [2.45, 2.75) is 39.2 Å². The number of hydrogen-bond donors (Lipinski definition) is 1. The Morgan fingerprint density at radius 3 is 2.37 bits per heavy atom. The smallest absolute Gasteiger partial charge is 0.0602 e. The molecule has 0 aromatic heterocycles. The maximum Gasteiger partial charge on any atom is 0.0602 e. The van der Waals surface area contributed by atoms with E-state index in [1.54, 1.807) is 0 Å². The number of piperidine rings is 1. The van der Waals surface area contributed by atoms with Crippen molar-refractivity contribution in [3.8, 4) is 11.8 Å². The first kappa shape index (κ1) is 14.8. The highest BCUT2D eigenvalue weighted by Gasteiger charge is 2.19. The zero-order valence-corrected chi connectivity index (χ0v) is 12.6. The Morgan fingerprint density at radius 1 is 1.05 bits per heavy atom. The normalized spacial score (nSPS) is 23.3. The van der Waals surface area contributed by atoms with E-state index < -0.39 is 0 Å². The minimum absolute atomic E-state index is 0.708. The maximum absolute atomic E-state index is 3.42. The van der Waals surface area contributed by atoms with Crippen molar-refractivity contribution < 1.29 is 0 Å². The van der Waals surface area contributed by atoms with E-state index in [-0.39, 0.29) is 0 Å². The molecule has 3 nitrogen and oxygen atoms in total. The fourth-order valence-electron chi connectivity index (χ4n) is 2.93. The average Bonchev–Trinajstić information content (AvgIpc) is 2.45. The second kappa shape index (κ2) is 7.89. The fraction of sp³-hybridized carbons (Fsp3) is 0.875. The maximum atomic E-state index is 3.42. The molecule has 0 aromatic carbocycles. The summed E-state index contributed by atoms with van der Waals surface area (Å²) in [7, 11) is 0. The number of hydrogen-bond acceptors (Lipinski definition) is 3. The van der Waals surface area contributed by atoms with E-state index in [0.29, 0.717) is 6.04 Å². The molecule has 0 radical (unpaired) electrons. The van der Waals surface area contributed by atoms with Crippen molar-refractivity contribution >= 4 is 0 Å². The molecule has 0 atom stereocenters. The molecule has 2 rings (SSSR count). The highest BCUT2D eigenvalue weighted by molar-refractivity contribution is 5.03. The molecule has 108 valence electrons.